The maximum absolute atomic E-state index is 12.5. The number of nitrogens with zero attached hydrogens (tertiary/aromatic N) is 2. The van der Waals surface area contributed by atoms with Crippen molar-refractivity contribution in [3.05, 3.63) is 70.7 Å². The molecule has 140 valence electrons. The van der Waals surface area contributed by atoms with Crippen molar-refractivity contribution in [1.82, 2.24) is 14.7 Å². The van der Waals surface area contributed by atoms with Crippen molar-refractivity contribution < 1.29 is 9.59 Å². The van der Waals surface area contributed by atoms with Gasteiger partial charge in [-0.1, -0.05) is 23.8 Å². The van der Waals surface area contributed by atoms with Crippen molar-refractivity contribution in [1.29, 1.82) is 0 Å². The number of amides is 1. The third kappa shape index (κ3) is 4.61. The van der Waals surface area contributed by atoms with Gasteiger partial charge in [-0.25, -0.2) is 4.98 Å². The minimum atomic E-state index is -0.0581. The van der Waals surface area contributed by atoms with Gasteiger partial charge in [0.15, 0.2) is 5.78 Å². The lowest BCUT2D eigenvalue weighted by molar-refractivity contribution is -0.121. The number of carbonyl (C=O) groups is 2. The van der Waals surface area contributed by atoms with Crippen molar-refractivity contribution in [2.45, 2.75) is 46.6 Å². The molecule has 0 aliphatic carbocycles. The van der Waals surface area contributed by atoms with Crippen LogP contribution in [0.5, 0.6) is 0 Å². The highest BCUT2D eigenvalue weighted by Gasteiger charge is 2.13. The molecular weight excluding hydrogens is 338 g/mol. The predicted molar refractivity (Wildman–Crippen MR) is 106 cm³/mol. The normalized spacial score (nSPS) is 10.9. The largest absolute Gasteiger partial charge is 0.350 e. The van der Waals surface area contributed by atoms with Gasteiger partial charge in [-0.2, -0.15) is 0 Å². The molecule has 3 aromatic rings. The third-order valence-electron chi connectivity index (χ3n) is 4.64. The molecule has 0 unspecified atom stereocenters. The van der Waals surface area contributed by atoms with E-state index in [-0.39, 0.29) is 11.7 Å². The first-order valence-electron chi connectivity index (χ1n) is 9.24. The summed E-state index contributed by atoms with van der Waals surface area (Å²) in [7, 11) is 0. The summed E-state index contributed by atoms with van der Waals surface area (Å²) in [6, 6.07) is 9.85. The number of rotatable bonds is 7. The van der Waals surface area contributed by atoms with Crippen LogP contribution in [0.25, 0.3) is 5.65 Å². The zero-order chi connectivity index (χ0) is 19.4. The van der Waals surface area contributed by atoms with Gasteiger partial charge in [-0.05, 0) is 50.5 Å². The lowest BCUT2D eigenvalue weighted by atomic mass is 9.94. The van der Waals surface area contributed by atoms with Crippen LogP contribution in [0, 0.1) is 20.8 Å². The Morgan fingerprint density at radius 3 is 2.52 bits per heavy atom. The molecule has 2 heterocycles. The number of Topliss-reactive ketones (excluding diaryl/α,β-unsaturated/α-hetero) is 1. The highest BCUT2D eigenvalue weighted by Crippen LogP contribution is 2.19. The number of benzene rings is 1. The number of ketones is 1. The van der Waals surface area contributed by atoms with Crippen molar-refractivity contribution in [3.8, 4) is 0 Å². The molecule has 1 amide bonds. The van der Waals surface area contributed by atoms with Crippen LogP contribution in [0.3, 0.4) is 0 Å². The van der Waals surface area contributed by atoms with E-state index in [0.717, 1.165) is 33.6 Å². The van der Waals surface area contributed by atoms with Crippen LogP contribution in [-0.2, 0) is 11.3 Å². The minimum absolute atomic E-state index is 0.0581. The predicted octanol–water partition coefficient (Wildman–Crippen LogP) is 3.93. The SMILES string of the molecule is Cc1cc(C)c(C(=O)CCCC(=O)NCc2cn3ccccc3n2)c(C)c1. The fourth-order valence-corrected chi connectivity index (χ4v) is 3.50. The van der Waals surface area contributed by atoms with Crippen LogP contribution in [0.4, 0.5) is 0 Å². The fraction of sp³-hybridized carbons (Fsp3) is 0.318. The van der Waals surface area contributed by atoms with E-state index >= 15 is 0 Å². The summed E-state index contributed by atoms with van der Waals surface area (Å²) in [5.41, 5.74) is 5.65. The Balaban J connectivity index is 1.47. The van der Waals surface area contributed by atoms with Crippen molar-refractivity contribution in [2.24, 2.45) is 0 Å². The van der Waals surface area contributed by atoms with Crippen molar-refractivity contribution in [3.63, 3.8) is 0 Å². The quantitative estimate of drug-likeness (QED) is 0.647. The van der Waals surface area contributed by atoms with E-state index in [1.807, 2.05) is 67.9 Å². The van der Waals surface area contributed by atoms with E-state index in [1.165, 1.54) is 0 Å². The smallest absolute Gasteiger partial charge is 0.220 e. The number of hydrogen-bond acceptors (Lipinski definition) is 3. The number of hydrogen-bond donors (Lipinski definition) is 1. The number of carbonyl (C=O) groups excluding carboxylic acids is 2. The van der Waals surface area contributed by atoms with E-state index in [0.29, 0.717) is 25.8 Å². The number of aryl methyl sites for hydroxylation is 3. The molecule has 5 heteroatoms. The van der Waals surface area contributed by atoms with E-state index in [1.54, 1.807) is 0 Å². The lowest BCUT2D eigenvalue weighted by Gasteiger charge is -2.10. The van der Waals surface area contributed by atoms with Crippen LogP contribution in [0.1, 0.15) is 52.0 Å². The Morgan fingerprint density at radius 1 is 1.07 bits per heavy atom. The highest BCUT2D eigenvalue weighted by atomic mass is 16.1. The zero-order valence-corrected chi connectivity index (χ0v) is 16.1. The summed E-state index contributed by atoms with van der Waals surface area (Å²) in [5, 5.41) is 2.88. The Morgan fingerprint density at radius 2 is 1.81 bits per heavy atom. The van der Waals surface area contributed by atoms with Crippen LogP contribution in [0.15, 0.2) is 42.7 Å². The van der Waals surface area contributed by atoms with Gasteiger partial charge in [0.1, 0.15) is 5.65 Å². The third-order valence-corrected chi connectivity index (χ3v) is 4.64. The van der Waals surface area contributed by atoms with E-state index in [9.17, 15) is 9.59 Å². The Labute approximate surface area is 159 Å². The molecule has 0 saturated carbocycles. The number of aromatic nitrogens is 2. The Hall–Kier alpha value is -2.95. The Kier molecular flexibility index (Phi) is 5.69. The number of imidazole rings is 1. The van der Waals surface area contributed by atoms with Gasteiger partial charge >= 0.3 is 0 Å². The zero-order valence-electron chi connectivity index (χ0n) is 16.1. The Bertz CT molecular complexity index is 932. The summed E-state index contributed by atoms with van der Waals surface area (Å²) in [4.78, 5) is 29.0. The first kappa shape index (κ1) is 18.8. The summed E-state index contributed by atoms with van der Waals surface area (Å²) in [6.07, 6.45) is 5.09. The first-order valence-corrected chi connectivity index (χ1v) is 9.24. The molecule has 0 radical (unpaired) electrons. The molecule has 0 bridgehead atoms. The average Bonchev–Trinajstić information content (AvgIpc) is 3.02. The highest BCUT2D eigenvalue weighted by molar-refractivity contribution is 5.99. The van der Waals surface area contributed by atoms with Crippen LogP contribution in [-0.4, -0.2) is 21.1 Å². The lowest BCUT2D eigenvalue weighted by Crippen LogP contribution is -2.22. The second-order valence-corrected chi connectivity index (χ2v) is 7.03. The fourth-order valence-electron chi connectivity index (χ4n) is 3.50. The molecule has 5 nitrogen and oxygen atoms in total. The number of nitrogens with one attached hydrogen (secondary N) is 1. The maximum Gasteiger partial charge on any atom is 0.220 e. The summed E-state index contributed by atoms with van der Waals surface area (Å²) >= 11 is 0. The van der Waals surface area contributed by atoms with Gasteiger partial charge in [0.05, 0.1) is 12.2 Å². The number of fused-ring (bicyclic) bond motifs is 1. The van der Waals surface area contributed by atoms with Gasteiger partial charge < -0.3 is 9.72 Å². The van der Waals surface area contributed by atoms with Crippen molar-refractivity contribution >= 4 is 17.3 Å². The van der Waals surface area contributed by atoms with E-state index in [2.05, 4.69) is 10.3 Å². The van der Waals surface area contributed by atoms with E-state index < -0.39 is 0 Å². The molecule has 1 N–H and O–H groups in total. The second kappa shape index (κ2) is 8.16. The molecule has 3 rings (SSSR count). The summed E-state index contributed by atoms with van der Waals surface area (Å²) < 4.78 is 1.92. The second-order valence-electron chi connectivity index (χ2n) is 7.03. The van der Waals surface area contributed by atoms with Crippen LogP contribution in [0.2, 0.25) is 0 Å². The average molecular weight is 363 g/mol. The summed E-state index contributed by atoms with van der Waals surface area (Å²) in [5.74, 6) is 0.0513. The van der Waals surface area contributed by atoms with Crippen molar-refractivity contribution in [2.75, 3.05) is 0 Å². The minimum Gasteiger partial charge on any atom is -0.350 e. The van der Waals surface area contributed by atoms with Gasteiger partial charge in [0.2, 0.25) is 5.91 Å². The monoisotopic (exact) mass is 363 g/mol. The molecule has 0 atom stereocenters. The topological polar surface area (TPSA) is 63.5 Å². The molecule has 0 spiro atoms. The molecule has 27 heavy (non-hydrogen) atoms. The molecular formula is C22H25N3O2. The first-order chi connectivity index (χ1) is 12.9. The molecule has 0 saturated heterocycles. The van der Waals surface area contributed by atoms with Crippen LogP contribution < -0.4 is 5.32 Å². The standard InChI is InChI=1S/C22H25N3O2/c1-15-11-16(2)22(17(3)12-15)19(26)7-6-9-21(27)23-13-18-14-25-10-5-4-8-20(25)24-18/h4-5,8,10-12,14H,6-7,9,13H2,1-3H3,(H,23,27). The van der Waals surface area contributed by atoms with Gasteiger partial charge in [-0.15, -0.1) is 0 Å². The van der Waals surface area contributed by atoms with Gasteiger partial charge in [0.25, 0.3) is 0 Å². The molecule has 0 aliphatic heterocycles. The van der Waals surface area contributed by atoms with Gasteiger partial charge in [0, 0.05) is 30.8 Å². The van der Waals surface area contributed by atoms with E-state index in [4.69, 9.17) is 0 Å². The molecule has 2 aromatic heterocycles. The van der Waals surface area contributed by atoms with Gasteiger partial charge in [-0.3, -0.25) is 9.59 Å². The molecule has 0 aliphatic rings. The maximum atomic E-state index is 12.5. The van der Waals surface area contributed by atoms with Crippen LogP contribution >= 0.6 is 0 Å². The summed E-state index contributed by atoms with van der Waals surface area (Å²) in [6.45, 7) is 6.36. The molecule has 0 fully saturated rings. The molecule has 1 aromatic carbocycles. The number of pyridine rings is 1.